The highest BCUT2D eigenvalue weighted by Crippen LogP contribution is 2.19. The van der Waals surface area contributed by atoms with E-state index in [4.69, 9.17) is 15.0 Å². The number of hydrogen-bond acceptors (Lipinski definition) is 5. The average Bonchev–Trinajstić information content (AvgIpc) is 2.82. The summed E-state index contributed by atoms with van der Waals surface area (Å²) < 4.78 is 23.5. The van der Waals surface area contributed by atoms with Crippen molar-refractivity contribution in [2.45, 2.75) is 13.5 Å². The van der Waals surface area contributed by atoms with Gasteiger partial charge in [0.2, 0.25) is 5.82 Å². The molecule has 0 bridgehead atoms. The number of rotatable bonds is 5. The number of benzene rings is 1. The number of aryl methyl sites for hydroxylation is 1. The topological polar surface area (TPSA) is 74.2 Å². The molecule has 0 unspecified atom stereocenters. The SMILES string of the molecule is Cc1ccc(-c2noc(COCCN)n2)cc1F. The van der Waals surface area contributed by atoms with Gasteiger partial charge < -0.3 is 15.0 Å². The van der Waals surface area contributed by atoms with Gasteiger partial charge in [0.25, 0.3) is 5.89 Å². The Morgan fingerprint density at radius 3 is 3.00 bits per heavy atom. The molecule has 96 valence electrons. The van der Waals surface area contributed by atoms with Crippen molar-refractivity contribution in [3.8, 4) is 11.4 Å². The van der Waals surface area contributed by atoms with Gasteiger partial charge in [0.1, 0.15) is 12.4 Å². The Morgan fingerprint density at radius 1 is 1.44 bits per heavy atom. The summed E-state index contributed by atoms with van der Waals surface area (Å²) in [6.07, 6.45) is 0. The Balaban J connectivity index is 2.11. The lowest BCUT2D eigenvalue weighted by Crippen LogP contribution is -2.08. The number of ether oxygens (including phenoxy) is 1. The Bertz CT molecular complexity index is 528. The third-order valence-corrected chi connectivity index (χ3v) is 2.39. The molecule has 0 radical (unpaired) electrons. The van der Waals surface area contributed by atoms with Crippen molar-refractivity contribution in [1.29, 1.82) is 0 Å². The summed E-state index contributed by atoms with van der Waals surface area (Å²) >= 11 is 0. The Kier molecular flexibility index (Phi) is 4.01. The van der Waals surface area contributed by atoms with Crippen LogP contribution in [-0.4, -0.2) is 23.3 Å². The van der Waals surface area contributed by atoms with Gasteiger partial charge >= 0.3 is 0 Å². The van der Waals surface area contributed by atoms with Gasteiger partial charge in [0, 0.05) is 12.1 Å². The molecule has 1 aromatic carbocycles. The van der Waals surface area contributed by atoms with Crippen LogP contribution >= 0.6 is 0 Å². The standard InChI is InChI=1S/C12H14FN3O2/c1-8-2-3-9(6-10(8)13)12-15-11(18-16-12)7-17-5-4-14/h2-3,6H,4-5,7,14H2,1H3. The first kappa shape index (κ1) is 12.7. The van der Waals surface area contributed by atoms with E-state index >= 15 is 0 Å². The maximum absolute atomic E-state index is 13.4. The second-order valence-corrected chi connectivity index (χ2v) is 3.82. The fourth-order valence-corrected chi connectivity index (χ4v) is 1.41. The fourth-order valence-electron chi connectivity index (χ4n) is 1.41. The molecule has 6 heteroatoms. The number of nitrogens with two attached hydrogens (primary N) is 1. The summed E-state index contributed by atoms with van der Waals surface area (Å²) in [6.45, 7) is 2.76. The highest BCUT2D eigenvalue weighted by Gasteiger charge is 2.10. The molecule has 0 atom stereocenters. The maximum Gasteiger partial charge on any atom is 0.252 e. The summed E-state index contributed by atoms with van der Waals surface area (Å²) in [5, 5.41) is 3.77. The lowest BCUT2D eigenvalue weighted by Gasteiger charge is -1.98. The molecule has 0 aliphatic rings. The lowest BCUT2D eigenvalue weighted by molar-refractivity contribution is 0.104. The summed E-state index contributed by atoms with van der Waals surface area (Å²) in [6, 6.07) is 4.80. The van der Waals surface area contributed by atoms with Crippen LogP contribution in [0.3, 0.4) is 0 Å². The maximum atomic E-state index is 13.4. The van der Waals surface area contributed by atoms with Crippen molar-refractivity contribution in [1.82, 2.24) is 10.1 Å². The van der Waals surface area contributed by atoms with Crippen LogP contribution in [0.2, 0.25) is 0 Å². The zero-order chi connectivity index (χ0) is 13.0. The molecule has 5 nitrogen and oxygen atoms in total. The molecule has 1 heterocycles. The molecule has 2 N–H and O–H groups in total. The zero-order valence-electron chi connectivity index (χ0n) is 10.0. The van der Waals surface area contributed by atoms with Gasteiger partial charge in [0.15, 0.2) is 0 Å². The normalized spacial score (nSPS) is 10.8. The van der Waals surface area contributed by atoms with E-state index in [0.717, 1.165) is 0 Å². The number of hydrogen-bond donors (Lipinski definition) is 1. The van der Waals surface area contributed by atoms with E-state index < -0.39 is 0 Å². The number of aromatic nitrogens is 2. The molecule has 2 aromatic rings. The van der Waals surface area contributed by atoms with Crippen LogP contribution in [0, 0.1) is 12.7 Å². The van der Waals surface area contributed by atoms with Crippen LogP contribution in [0.5, 0.6) is 0 Å². The predicted octanol–water partition coefficient (Wildman–Crippen LogP) is 1.66. The summed E-state index contributed by atoms with van der Waals surface area (Å²) in [5.41, 5.74) is 6.44. The van der Waals surface area contributed by atoms with Gasteiger partial charge in [-0.2, -0.15) is 4.98 Å². The number of nitrogens with zero attached hydrogens (tertiary/aromatic N) is 2. The summed E-state index contributed by atoms with van der Waals surface area (Å²) in [7, 11) is 0. The molecule has 0 fully saturated rings. The van der Waals surface area contributed by atoms with Crippen LogP contribution in [0.15, 0.2) is 22.7 Å². The molecule has 0 saturated heterocycles. The van der Waals surface area contributed by atoms with E-state index in [1.165, 1.54) is 6.07 Å². The van der Waals surface area contributed by atoms with Crippen molar-refractivity contribution >= 4 is 0 Å². The lowest BCUT2D eigenvalue weighted by atomic mass is 10.1. The summed E-state index contributed by atoms with van der Waals surface area (Å²) in [4.78, 5) is 4.11. The van der Waals surface area contributed by atoms with Crippen molar-refractivity contribution < 1.29 is 13.7 Å². The quantitative estimate of drug-likeness (QED) is 0.818. The first-order valence-electron chi connectivity index (χ1n) is 5.57. The van der Waals surface area contributed by atoms with Gasteiger partial charge in [-0.1, -0.05) is 17.3 Å². The Morgan fingerprint density at radius 2 is 2.28 bits per heavy atom. The second-order valence-electron chi connectivity index (χ2n) is 3.82. The molecular formula is C12H14FN3O2. The van der Waals surface area contributed by atoms with Crippen molar-refractivity contribution in [2.24, 2.45) is 5.73 Å². The van der Waals surface area contributed by atoms with E-state index in [2.05, 4.69) is 10.1 Å². The van der Waals surface area contributed by atoms with Gasteiger partial charge in [-0.25, -0.2) is 4.39 Å². The first-order valence-corrected chi connectivity index (χ1v) is 5.57. The minimum atomic E-state index is -0.293. The van der Waals surface area contributed by atoms with E-state index in [1.54, 1.807) is 19.1 Å². The molecule has 1 aromatic heterocycles. The van der Waals surface area contributed by atoms with Gasteiger partial charge in [-0.05, 0) is 18.6 Å². The van der Waals surface area contributed by atoms with Crippen molar-refractivity contribution in [3.63, 3.8) is 0 Å². The highest BCUT2D eigenvalue weighted by atomic mass is 19.1. The molecular weight excluding hydrogens is 237 g/mol. The molecule has 0 saturated carbocycles. The molecule has 0 spiro atoms. The molecule has 18 heavy (non-hydrogen) atoms. The minimum absolute atomic E-state index is 0.207. The van der Waals surface area contributed by atoms with Crippen molar-refractivity contribution in [3.05, 3.63) is 35.5 Å². The first-order chi connectivity index (χ1) is 8.70. The van der Waals surface area contributed by atoms with Gasteiger partial charge in [0.05, 0.1) is 6.61 Å². The average molecular weight is 251 g/mol. The largest absolute Gasteiger partial charge is 0.370 e. The van der Waals surface area contributed by atoms with Gasteiger partial charge in [-0.3, -0.25) is 0 Å². The van der Waals surface area contributed by atoms with E-state index in [9.17, 15) is 4.39 Å². The Hall–Kier alpha value is -1.79. The third-order valence-electron chi connectivity index (χ3n) is 2.39. The smallest absolute Gasteiger partial charge is 0.252 e. The second kappa shape index (κ2) is 5.70. The summed E-state index contributed by atoms with van der Waals surface area (Å²) in [5.74, 6) is 0.401. The molecule has 0 amide bonds. The minimum Gasteiger partial charge on any atom is -0.370 e. The van der Waals surface area contributed by atoms with Crippen LogP contribution in [0.1, 0.15) is 11.5 Å². The third kappa shape index (κ3) is 2.91. The molecule has 0 aliphatic carbocycles. The van der Waals surface area contributed by atoms with Gasteiger partial charge in [-0.15, -0.1) is 0 Å². The molecule has 2 rings (SSSR count). The van der Waals surface area contributed by atoms with E-state index in [1.807, 2.05) is 0 Å². The van der Waals surface area contributed by atoms with E-state index in [0.29, 0.717) is 36.0 Å². The Labute approximate surface area is 104 Å². The van der Waals surface area contributed by atoms with E-state index in [-0.39, 0.29) is 12.4 Å². The van der Waals surface area contributed by atoms with Crippen molar-refractivity contribution in [2.75, 3.05) is 13.2 Å². The fraction of sp³-hybridized carbons (Fsp3) is 0.333. The van der Waals surface area contributed by atoms with Crippen LogP contribution in [-0.2, 0) is 11.3 Å². The molecule has 0 aliphatic heterocycles. The predicted molar refractivity (Wildman–Crippen MR) is 63.1 cm³/mol. The number of halogens is 1. The zero-order valence-corrected chi connectivity index (χ0v) is 10.0. The highest BCUT2D eigenvalue weighted by molar-refractivity contribution is 5.54. The van der Waals surface area contributed by atoms with Crippen LogP contribution in [0.4, 0.5) is 4.39 Å². The van der Waals surface area contributed by atoms with Crippen LogP contribution < -0.4 is 5.73 Å². The monoisotopic (exact) mass is 251 g/mol. The van der Waals surface area contributed by atoms with Crippen LogP contribution in [0.25, 0.3) is 11.4 Å².